The molecule has 1 aromatic rings. The van der Waals surface area contributed by atoms with Crippen molar-refractivity contribution in [3.8, 4) is 0 Å². The molecule has 0 radical (unpaired) electrons. The van der Waals surface area contributed by atoms with Gasteiger partial charge in [0.25, 0.3) is 5.91 Å². The van der Waals surface area contributed by atoms with Crippen LogP contribution in [0.5, 0.6) is 0 Å². The van der Waals surface area contributed by atoms with Crippen LogP contribution in [0.2, 0.25) is 0 Å². The first-order chi connectivity index (χ1) is 9.19. The van der Waals surface area contributed by atoms with Crippen molar-refractivity contribution in [3.05, 3.63) is 4.88 Å². The van der Waals surface area contributed by atoms with Crippen molar-refractivity contribution < 1.29 is 14.3 Å². The Bertz CT molecular complexity index is 397. The van der Waals surface area contributed by atoms with Crippen molar-refractivity contribution in [1.82, 2.24) is 10.3 Å². The molecule has 0 aliphatic carbocycles. The number of nitrogens with two attached hydrogens (primary N) is 1. The minimum atomic E-state index is -0.203. The number of nitrogens with one attached hydrogen (secondary N) is 2. The maximum atomic E-state index is 11.9. The monoisotopic (exact) mass is 288 g/mol. The number of amides is 1. The van der Waals surface area contributed by atoms with Gasteiger partial charge in [0.1, 0.15) is 10.7 Å². The summed E-state index contributed by atoms with van der Waals surface area (Å²) in [6.07, 6.45) is 0.764. The topological polar surface area (TPSA) is 98.5 Å². The van der Waals surface area contributed by atoms with Crippen LogP contribution >= 0.6 is 11.3 Å². The molecule has 1 rings (SSSR count). The van der Waals surface area contributed by atoms with Crippen LogP contribution in [-0.4, -0.2) is 51.4 Å². The van der Waals surface area contributed by atoms with Gasteiger partial charge in [0.05, 0.1) is 6.61 Å². The van der Waals surface area contributed by atoms with E-state index in [2.05, 4.69) is 15.6 Å². The predicted molar refractivity (Wildman–Crippen MR) is 75.7 cm³/mol. The Hall–Kier alpha value is -1.38. The lowest BCUT2D eigenvalue weighted by Crippen LogP contribution is -2.25. The standard InChI is InChI=1S/C11H20N4O3S/c1-17-6-3-4-13-10(16)8-9(12)15-11(19-8)14-5-7-18-2/h3-7,12H2,1-2H3,(H,13,16)(H,14,15). The fourth-order valence-corrected chi connectivity index (χ4v) is 2.16. The average molecular weight is 288 g/mol. The van der Waals surface area contributed by atoms with Crippen LogP contribution in [0.4, 0.5) is 10.9 Å². The van der Waals surface area contributed by atoms with Crippen molar-refractivity contribution >= 4 is 28.2 Å². The number of rotatable bonds is 9. The van der Waals surface area contributed by atoms with E-state index >= 15 is 0 Å². The van der Waals surface area contributed by atoms with Gasteiger partial charge in [-0.3, -0.25) is 4.79 Å². The van der Waals surface area contributed by atoms with Gasteiger partial charge in [-0.05, 0) is 6.42 Å². The number of hydrogen-bond acceptors (Lipinski definition) is 7. The Balaban J connectivity index is 2.45. The summed E-state index contributed by atoms with van der Waals surface area (Å²) >= 11 is 1.24. The fraction of sp³-hybridized carbons (Fsp3) is 0.636. The highest BCUT2D eigenvalue weighted by Gasteiger charge is 2.15. The summed E-state index contributed by atoms with van der Waals surface area (Å²) in [4.78, 5) is 16.4. The van der Waals surface area contributed by atoms with Crippen LogP contribution in [0.3, 0.4) is 0 Å². The van der Waals surface area contributed by atoms with Crippen LogP contribution in [0.1, 0.15) is 16.1 Å². The summed E-state index contributed by atoms with van der Waals surface area (Å²) in [5.74, 6) is 0.0417. The van der Waals surface area contributed by atoms with Gasteiger partial charge < -0.3 is 25.8 Å². The largest absolute Gasteiger partial charge is 0.385 e. The molecule has 0 aliphatic heterocycles. The zero-order valence-corrected chi connectivity index (χ0v) is 12.0. The van der Waals surface area contributed by atoms with Gasteiger partial charge in [0.15, 0.2) is 5.13 Å². The summed E-state index contributed by atoms with van der Waals surface area (Å²) < 4.78 is 9.82. The van der Waals surface area contributed by atoms with Crippen molar-refractivity contribution in [2.24, 2.45) is 0 Å². The van der Waals surface area contributed by atoms with Gasteiger partial charge in [-0.25, -0.2) is 4.98 Å². The molecule has 0 aromatic carbocycles. The molecule has 1 aromatic heterocycles. The number of aromatic nitrogens is 1. The van der Waals surface area contributed by atoms with Crippen LogP contribution in [0.15, 0.2) is 0 Å². The second-order valence-electron chi connectivity index (χ2n) is 3.76. The smallest absolute Gasteiger partial charge is 0.265 e. The zero-order valence-electron chi connectivity index (χ0n) is 11.2. The van der Waals surface area contributed by atoms with Crippen molar-refractivity contribution in [2.45, 2.75) is 6.42 Å². The van der Waals surface area contributed by atoms with Gasteiger partial charge in [0, 0.05) is 33.9 Å². The molecule has 0 bridgehead atoms. The number of anilines is 2. The Morgan fingerprint density at radius 2 is 2.05 bits per heavy atom. The Kier molecular flexibility index (Phi) is 7.16. The second kappa shape index (κ2) is 8.68. The summed E-state index contributed by atoms with van der Waals surface area (Å²) in [7, 11) is 3.25. The summed E-state index contributed by atoms with van der Waals surface area (Å²) in [5.41, 5.74) is 5.72. The Morgan fingerprint density at radius 3 is 2.74 bits per heavy atom. The van der Waals surface area contributed by atoms with E-state index in [1.807, 2.05) is 0 Å². The van der Waals surface area contributed by atoms with Gasteiger partial charge in [0.2, 0.25) is 0 Å². The number of methoxy groups -OCH3 is 2. The molecular weight excluding hydrogens is 268 g/mol. The highest BCUT2D eigenvalue weighted by Crippen LogP contribution is 2.24. The molecule has 0 fully saturated rings. The first-order valence-electron chi connectivity index (χ1n) is 5.95. The predicted octanol–water partition coefficient (Wildman–Crippen LogP) is 0.550. The number of hydrogen-bond donors (Lipinski definition) is 3. The van der Waals surface area contributed by atoms with E-state index in [0.717, 1.165) is 6.42 Å². The molecule has 0 saturated carbocycles. The first-order valence-corrected chi connectivity index (χ1v) is 6.77. The van der Waals surface area contributed by atoms with Crippen LogP contribution in [0.25, 0.3) is 0 Å². The molecule has 0 saturated heterocycles. The molecule has 19 heavy (non-hydrogen) atoms. The van der Waals surface area contributed by atoms with E-state index in [0.29, 0.717) is 36.3 Å². The minimum absolute atomic E-state index is 0.203. The zero-order chi connectivity index (χ0) is 14.1. The number of thiazole rings is 1. The highest BCUT2D eigenvalue weighted by atomic mass is 32.1. The second-order valence-corrected chi connectivity index (χ2v) is 4.75. The van der Waals surface area contributed by atoms with Crippen LogP contribution in [0, 0.1) is 0 Å². The molecule has 1 heterocycles. The van der Waals surface area contributed by atoms with E-state index in [-0.39, 0.29) is 11.7 Å². The van der Waals surface area contributed by atoms with E-state index in [4.69, 9.17) is 15.2 Å². The lowest BCUT2D eigenvalue weighted by Gasteiger charge is -2.02. The maximum Gasteiger partial charge on any atom is 0.265 e. The lowest BCUT2D eigenvalue weighted by molar-refractivity contribution is 0.0953. The average Bonchev–Trinajstić information content (AvgIpc) is 2.76. The molecular formula is C11H20N4O3S. The van der Waals surface area contributed by atoms with Crippen molar-refractivity contribution in [2.75, 3.05) is 51.6 Å². The molecule has 0 atom stereocenters. The summed E-state index contributed by atoms with van der Waals surface area (Å²) in [6.45, 7) is 2.36. The van der Waals surface area contributed by atoms with E-state index in [1.54, 1.807) is 14.2 Å². The normalized spacial score (nSPS) is 10.4. The number of nitrogen functional groups attached to an aromatic ring is 1. The molecule has 1 amide bonds. The summed E-state index contributed by atoms with van der Waals surface area (Å²) in [6, 6.07) is 0. The van der Waals surface area contributed by atoms with E-state index in [9.17, 15) is 4.79 Å². The van der Waals surface area contributed by atoms with Gasteiger partial charge in [-0.2, -0.15) is 0 Å². The molecule has 4 N–H and O–H groups in total. The fourth-order valence-electron chi connectivity index (χ4n) is 1.33. The van der Waals surface area contributed by atoms with E-state index < -0.39 is 0 Å². The van der Waals surface area contributed by atoms with Gasteiger partial charge in [-0.15, -0.1) is 0 Å². The van der Waals surface area contributed by atoms with Gasteiger partial charge >= 0.3 is 0 Å². The third-order valence-electron chi connectivity index (χ3n) is 2.25. The van der Waals surface area contributed by atoms with Crippen molar-refractivity contribution in [1.29, 1.82) is 0 Å². The lowest BCUT2D eigenvalue weighted by atomic mass is 10.4. The Morgan fingerprint density at radius 1 is 1.32 bits per heavy atom. The van der Waals surface area contributed by atoms with Crippen LogP contribution < -0.4 is 16.4 Å². The quantitative estimate of drug-likeness (QED) is 0.574. The molecule has 108 valence electrons. The summed E-state index contributed by atoms with van der Waals surface area (Å²) in [5, 5.41) is 6.44. The number of nitrogens with zero attached hydrogens (tertiary/aromatic N) is 1. The molecule has 0 unspecified atom stereocenters. The number of carbonyl (C=O) groups excluding carboxylic acids is 1. The molecule has 0 aliphatic rings. The number of carbonyl (C=O) groups is 1. The maximum absolute atomic E-state index is 11.9. The SMILES string of the molecule is COCCCNC(=O)c1sc(NCCOC)nc1N. The van der Waals surface area contributed by atoms with Gasteiger partial charge in [-0.1, -0.05) is 11.3 Å². The molecule has 8 heteroatoms. The molecule has 7 nitrogen and oxygen atoms in total. The highest BCUT2D eigenvalue weighted by molar-refractivity contribution is 7.18. The van der Waals surface area contributed by atoms with E-state index in [1.165, 1.54) is 11.3 Å². The number of ether oxygens (including phenoxy) is 2. The first kappa shape index (κ1) is 15.7. The molecule has 0 spiro atoms. The Labute approximate surface area is 116 Å². The van der Waals surface area contributed by atoms with Crippen molar-refractivity contribution in [3.63, 3.8) is 0 Å². The third kappa shape index (κ3) is 5.41. The minimum Gasteiger partial charge on any atom is -0.385 e. The van der Waals surface area contributed by atoms with Crippen LogP contribution in [-0.2, 0) is 9.47 Å². The third-order valence-corrected chi connectivity index (χ3v) is 3.28.